The molecule has 3 nitrogen and oxygen atoms in total. The monoisotopic (exact) mass is 201 g/mol. The van der Waals surface area contributed by atoms with Gasteiger partial charge < -0.3 is 10.3 Å². The summed E-state index contributed by atoms with van der Waals surface area (Å²) in [6.45, 7) is 4.03. The highest BCUT2D eigenvalue weighted by Gasteiger charge is 2.07. The standard InChI is InChI=1S/C12H15N3/c1-9-3-5-11(6-4-9)15-8-14-7-12(15)10(2)13/h3-8,10H,13H2,1-2H3/t10-/m1/s1. The number of hydrogen-bond acceptors (Lipinski definition) is 2. The van der Waals surface area contributed by atoms with Crippen LogP contribution in [-0.4, -0.2) is 9.55 Å². The Morgan fingerprint density at radius 3 is 2.53 bits per heavy atom. The van der Waals surface area contributed by atoms with Crippen LogP contribution in [0.2, 0.25) is 0 Å². The second-order valence-electron chi connectivity index (χ2n) is 3.81. The van der Waals surface area contributed by atoms with E-state index in [0.717, 1.165) is 11.4 Å². The first-order valence-electron chi connectivity index (χ1n) is 5.03. The molecule has 2 rings (SSSR count). The van der Waals surface area contributed by atoms with Crippen LogP contribution in [0.15, 0.2) is 36.8 Å². The van der Waals surface area contributed by atoms with Crippen LogP contribution >= 0.6 is 0 Å². The number of aromatic nitrogens is 2. The van der Waals surface area contributed by atoms with Gasteiger partial charge in [0, 0.05) is 11.7 Å². The van der Waals surface area contributed by atoms with Crippen LogP contribution in [0.1, 0.15) is 24.2 Å². The molecule has 3 heteroatoms. The molecular formula is C12H15N3. The van der Waals surface area contributed by atoms with Crippen LogP contribution in [0.3, 0.4) is 0 Å². The van der Waals surface area contributed by atoms with Gasteiger partial charge in [0.05, 0.1) is 18.2 Å². The van der Waals surface area contributed by atoms with Gasteiger partial charge in [-0.3, -0.25) is 0 Å². The molecule has 0 radical (unpaired) electrons. The van der Waals surface area contributed by atoms with Crippen LogP contribution < -0.4 is 5.73 Å². The average molecular weight is 201 g/mol. The summed E-state index contributed by atoms with van der Waals surface area (Å²) in [5.74, 6) is 0. The Kier molecular flexibility index (Phi) is 2.56. The lowest BCUT2D eigenvalue weighted by Gasteiger charge is -2.10. The van der Waals surface area contributed by atoms with E-state index in [-0.39, 0.29) is 6.04 Å². The first-order valence-corrected chi connectivity index (χ1v) is 5.03. The van der Waals surface area contributed by atoms with Crippen molar-refractivity contribution in [2.75, 3.05) is 0 Å². The molecular weight excluding hydrogens is 186 g/mol. The van der Waals surface area contributed by atoms with Crippen molar-refractivity contribution in [3.05, 3.63) is 48.0 Å². The highest BCUT2D eigenvalue weighted by Crippen LogP contribution is 2.16. The molecule has 1 aromatic heterocycles. The largest absolute Gasteiger partial charge is 0.323 e. The molecule has 0 aliphatic rings. The lowest BCUT2D eigenvalue weighted by Crippen LogP contribution is -2.10. The van der Waals surface area contributed by atoms with Gasteiger partial charge in [-0.1, -0.05) is 17.7 Å². The van der Waals surface area contributed by atoms with E-state index in [0.29, 0.717) is 0 Å². The van der Waals surface area contributed by atoms with Crippen LogP contribution in [-0.2, 0) is 0 Å². The minimum Gasteiger partial charge on any atom is -0.323 e. The van der Waals surface area contributed by atoms with Gasteiger partial charge in [0.15, 0.2) is 0 Å². The van der Waals surface area contributed by atoms with Gasteiger partial charge >= 0.3 is 0 Å². The van der Waals surface area contributed by atoms with Crippen molar-refractivity contribution < 1.29 is 0 Å². The summed E-state index contributed by atoms with van der Waals surface area (Å²) < 4.78 is 2.02. The Morgan fingerprint density at radius 1 is 1.27 bits per heavy atom. The van der Waals surface area contributed by atoms with Crippen molar-refractivity contribution in [2.45, 2.75) is 19.9 Å². The van der Waals surface area contributed by atoms with E-state index in [4.69, 9.17) is 5.73 Å². The van der Waals surface area contributed by atoms with Crippen molar-refractivity contribution in [1.82, 2.24) is 9.55 Å². The van der Waals surface area contributed by atoms with Gasteiger partial charge in [0.2, 0.25) is 0 Å². The fourth-order valence-electron chi connectivity index (χ4n) is 1.56. The fourth-order valence-corrected chi connectivity index (χ4v) is 1.56. The van der Waals surface area contributed by atoms with E-state index in [2.05, 4.69) is 36.2 Å². The van der Waals surface area contributed by atoms with E-state index >= 15 is 0 Å². The van der Waals surface area contributed by atoms with E-state index in [1.807, 2.05) is 17.7 Å². The van der Waals surface area contributed by atoms with Gasteiger partial charge in [-0.15, -0.1) is 0 Å². The second kappa shape index (κ2) is 3.87. The van der Waals surface area contributed by atoms with E-state index in [1.54, 1.807) is 6.33 Å². The molecule has 0 spiro atoms. The summed E-state index contributed by atoms with van der Waals surface area (Å²) in [5, 5.41) is 0. The maximum Gasteiger partial charge on any atom is 0.0994 e. The van der Waals surface area contributed by atoms with Crippen molar-refractivity contribution in [3.8, 4) is 5.69 Å². The zero-order valence-corrected chi connectivity index (χ0v) is 9.01. The maximum absolute atomic E-state index is 5.87. The molecule has 0 fully saturated rings. The molecule has 0 saturated heterocycles. The predicted octanol–water partition coefficient (Wildman–Crippen LogP) is 2.20. The zero-order chi connectivity index (χ0) is 10.8. The van der Waals surface area contributed by atoms with Gasteiger partial charge in [-0.05, 0) is 26.0 Å². The Labute approximate surface area is 89.6 Å². The summed E-state index contributed by atoms with van der Waals surface area (Å²) in [6.07, 6.45) is 3.61. The molecule has 0 amide bonds. The second-order valence-corrected chi connectivity index (χ2v) is 3.81. The molecule has 2 aromatic rings. The lowest BCUT2D eigenvalue weighted by molar-refractivity contribution is 0.752. The third-order valence-corrected chi connectivity index (χ3v) is 2.45. The predicted molar refractivity (Wildman–Crippen MR) is 60.9 cm³/mol. The molecule has 1 heterocycles. The maximum atomic E-state index is 5.87. The van der Waals surface area contributed by atoms with Crippen LogP contribution in [0, 0.1) is 6.92 Å². The molecule has 0 bridgehead atoms. The van der Waals surface area contributed by atoms with E-state index in [1.165, 1.54) is 5.56 Å². The molecule has 1 aromatic carbocycles. The number of aryl methyl sites for hydroxylation is 1. The third-order valence-electron chi connectivity index (χ3n) is 2.45. The summed E-state index contributed by atoms with van der Waals surface area (Å²) in [5.41, 5.74) is 9.25. The average Bonchev–Trinajstić information content (AvgIpc) is 2.67. The van der Waals surface area contributed by atoms with Gasteiger partial charge in [0.25, 0.3) is 0 Å². The molecule has 0 aliphatic carbocycles. The third kappa shape index (κ3) is 1.92. The van der Waals surface area contributed by atoms with E-state index < -0.39 is 0 Å². The number of hydrogen-bond donors (Lipinski definition) is 1. The lowest BCUT2D eigenvalue weighted by atomic mass is 10.2. The normalized spacial score (nSPS) is 12.7. The van der Waals surface area contributed by atoms with Crippen molar-refractivity contribution in [1.29, 1.82) is 0 Å². The number of rotatable bonds is 2. The summed E-state index contributed by atoms with van der Waals surface area (Å²) in [4.78, 5) is 4.13. The Hall–Kier alpha value is -1.61. The van der Waals surface area contributed by atoms with E-state index in [9.17, 15) is 0 Å². The minimum absolute atomic E-state index is 0.00574. The summed E-state index contributed by atoms with van der Waals surface area (Å²) in [7, 11) is 0. The number of nitrogens with zero attached hydrogens (tertiary/aromatic N) is 2. The highest BCUT2D eigenvalue weighted by atomic mass is 15.1. The topological polar surface area (TPSA) is 43.8 Å². The van der Waals surface area contributed by atoms with Crippen molar-refractivity contribution in [2.24, 2.45) is 5.73 Å². The first-order chi connectivity index (χ1) is 7.18. The fraction of sp³-hybridized carbons (Fsp3) is 0.250. The van der Waals surface area contributed by atoms with Crippen molar-refractivity contribution in [3.63, 3.8) is 0 Å². The van der Waals surface area contributed by atoms with Crippen molar-refractivity contribution >= 4 is 0 Å². The molecule has 2 N–H and O–H groups in total. The van der Waals surface area contributed by atoms with Gasteiger partial charge in [-0.25, -0.2) is 4.98 Å². The van der Waals surface area contributed by atoms with Crippen LogP contribution in [0.5, 0.6) is 0 Å². The Balaban J connectivity index is 2.45. The molecule has 0 unspecified atom stereocenters. The minimum atomic E-state index is -0.00574. The number of benzene rings is 1. The quantitative estimate of drug-likeness (QED) is 0.809. The number of imidazole rings is 1. The zero-order valence-electron chi connectivity index (χ0n) is 9.01. The van der Waals surface area contributed by atoms with Crippen LogP contribution in [0.4, 0.5) is 0 Å². The molecule has 0 saturated carbocycles. The molecule has 0 aliphatic heterocycles. The SMILES string of the molecule is Cc1ccc(-n2cncc2[C@@H](C)N)cc1. The highest BCUT2D eigenvalue weighted by molar-refractivity contribution is 5.36. The molecule has 78 valence electrons. The molecule has 15 heavy (non-hydrogen) atoms. The van der Waals surface area contributed by atoms with Gasteiger partial charge in [-0.2, -0.15) is 0 Å². The number of nitrogens with two attached hydrogens (primary N) is 1. The Bertz CT molecular complexity index is 440. The Morgan fingerprint density at radius 2 is 1.93 bits per heavy atom. The van der Waals surface area contributed by atoms with Crippen LogP contribution in [0.25, 0.3) is 5.69 Å². The summed E-state index contributed by atoms with van der Waals surface area (Å²) >= 11 is 0. The smallest absolute Gasteiger partial charge is 0.0994 e. The summed E-state index contributed by atoms with van der Waals surface area (Å²) in [6, 6.07) is 8.31. The molecule has 1 atom stereocenters. The van der Waals surface area contributed by atoms with Gasteiger partial charge in [0.1, 0.15) is 0 Å². The first kappa shape index (κ1) is 9.93.